The Morgan fingerprint density at radius 1 is 0.985 bits per heavy atom. The van der Waals surface area contributed by atoms with Gasteiger partial charge in [0, 0.05) is 69.1 Å². The van der Waals surface area contributed by atoms with Crippen LogP contribution in [0.15, 0.2) is 72.4 Å². The first kappa shape index (κ1) is 46.0. The van der Waals surface area contributed by atoms with Crippen molar-refractivity contribution in [1.29, 1.82) is 0 Å². The van der Waals surface area contributed by atoms with Crippen LogP contribution in [0.25, 0.3) is 32.4 Å². The number of anilines is 1. The smallest absolute Gasteiger partial charge is 0.255 e. The predicted molar refractivity (Wildman–Crippen MR) is 252 cm³/mol. The third-order valence-corrected chi connectivity index (χ3v) is 13.4. The number of aliphatic hydroxyl groups excluding tert-OH is 1. The highest BCUT2D eigenvalue weighted by atomic mass is 32.1. The van der Waals surface area contributed by atoms with Crippen molar-refractivity contribution in [3.8, 4) is 10.4 Å². The molecule has 0 radical (unpaired) electrons. The Balaban J connectivity index is 0.767. The molecule has 2 fully saturated rings. The first-order chi connectivity index (χ1) is 31.6. The number of thiazole rings is 1. The number of nitrogens with zero attached hydrogens (tertiary/aromatic N) is 6. The number of benzene rings is 3. The molecule has 2 aliphatic rings. The Kier molecular flexibility index (Phi) is 13.6. The molecule has 2 saturated heterocycles. The summed E-state index contributed by atoms with van der Waals surface area (Å²) in [7, 11) is 1.86. The number of fused-ring (bicyclic) bond motifs is 2. The van der Waals surface area contributed by atoms with Gasteiger partial charge in [-0.3, -0.25) is 33.6 Å². The monoisotopic (exact) mass is 915 g/mol. The molecular formula is C48H57N11O6S. The number of amides is 5. The van der Waals surface area contributed by atoms with Crippen molar-refractivity contribution in [3.63, 3.8) is 0 Å². The van der Waals surface area contributed by atoms with Crippen molar-refractivity contribution in [2.45, 2.75) is 84.7 Å². The van der Waals surface area contributed by atoms with Crippen LogP contribution < -0.4 is 21.3 Å². The van der Waals surface area contributed by atoms with Gasteiger partial charge in [-0.2, -0.15) is 5.10 Å². The lowest BCUT2D eigenvalue weighted by Crippen LogP contribution is -2.57. The summed E-state index contributed by atoms with van der Waals surface area (Å²) in [6.07, 6.45) is 2.07. The zero-order valence-corrected chi connectivity index (χ0v) is 38.7. The molecule has 18 heteroatoms. The number of carbonyl (C=O) groups is 5. The Bertz CT molecular complexity index is 2760. The van der Waals surface area contributed by atoms with Crippen LogP contribution in [-0.2, 0) is 39.3 Å². The second-order valence-electron chi connectivity index (χ2n) is 18.5. The van der Waals surface area contributed by atoms with Gasteiger partial charge in [0.1, 0.15) is 17.9 Å². The van der Waals surface area contributed by atoms with Crippen LogP contribution in [0, 0.1) is 18.3 Å². The number of aromatic nitrogens is 5. The summed E-state index contributed by atoms with van der Waals surface area (Å²) in [4.78, 5) is 84.0. The fourth-order valence-corrected chi connectivity index (χ4v) is 9.63. The van der Waals surface area contributed by atoms with Crippen LogP contribution in [0.5, 0.6) is 0 Å². The van der Waals surface area contributed by atoms with E-state index < -0.39 is 35.4 Å². The third kappa shape index (κ3) is 10.8. The van der Waals surface area contributed by atoms with E-state index in [1.807, 2.05) is 94.9 Å². The molecule has 2 aliphatic heterocycles. The van der Waals surface area contributed by atoms with Crippen molar-refractivity contribution in [1.82, 2.24) is 50.5 Å². The Labute approximate surface area is 386 Å². The van der Waals surface area contributed by atoms with Crippen molar-refractivity contribution in [2.75, 3.05) is 31.5 Å². The number of carbonyl (C=O) groups excluding carboxylic acids is 5. The number of rotatable bonds is 15. The molecule has 3 aromatic carbocycles. The van der Waals surface area contributed by atoms with Crippen LogP contribution in [-0.4, -0.2) is 114 Å². The van der Waals surface area contributed by atoms with Gasteiger partial charge in [-0.1, -0.05) is 45.0 Å². The van der Waals surface area contributed by atoms with Gasteiger partial charge >= 0.3 is 0 Å². The molecule has 66 heavy (non-hydrogen) atoms. The minimum absolute atomic E-state index is 0.0244. The number of β-amino-alcohol motifs (C(OH)–C–C–N with tert-alkyl or cyclic N) is 1. The van der Waals surface area contributed by atoms with Crippen LogP contribution >= 0.6 is 11.3 Å². The minimum atomic E-state index is -0.970. The van der Waals surface area contributed by atoms with E-state index in [1.54, 1.807) is 28.3 Å². The van der Waals surface area contributed by atoms with E-state index in [2.05, 4.69) is 41.2 Å². The number of aryl methyl sites for hydroxylation is 2. The van der Waals surface area contributed by atoms with Gasteiger partial charge in [-0.15, -0.1) is 11.3 Å². The highest BCUT2D eigenvalue weighted by Crippen LogP contribution is 2.29. The lowest BCUT2D eigenvalue weighted by molar-refractivity contribution is -0.144. The van der Waals surface area contributed by atoms with Gasteiger partial charge < -0.3 is 36.3 Å². The highest BCUT2D eigenvalue weighted by molar-refractivity contribution is 7.13. The van der Waals surface area contributed by atoms with Gasteiger partial charge in [-0.05, 0) is 78.7 Å². The molecule has 3 aromatic heterocycles. The third-order valence-electron chi connectivity index (χ3n) is 12.4. The lowest BCUT2D eigenvalue weighted by Gasteiger charge is -2.35. The Morgan fingerprint density at radius 2 is 1.79 bits per heavy atom. The van der Waals surface area contributed by atoms with Gasteiger partial charge in [0.05, 0.1) is 51.5 Å². The van der Waals surface area contributed by atoms with Crippen molar-refractivity contribution < 1.29 is 29.1 Å². The molecule has 5 amide bonds. The summed E-state index contributed by atoms with van der Waals surface area (Å²) in [6.45, 7) is 9.90. The molecule has 4 atom stereocenters. The number of imidazole rings is 1. The summed E-state index contributed by atoms with van der Waals surface area (Å²) in [6, 6.07) is 17.1. The van der Waals surface area contributed by atoms with Crippen LogP contribution in [0.4, 0.5) is 5.69 Å². The zero-order valence-electron chi connectivity index (χ0n) is 37.9. The van der Waals surface area contributed by atoms with Gasteiger partial charge in [0.2, 0.25) is 23.6 Å². The molecule has 1 unspecified atom stereocenters. The zero-order chi connectivity index (χ0) is 46.7. The maximum atomic E-state index is 14.0. The van der Waals surface area contributed by atoms with Gasteiger partial charge in [-0.25, -0.2) is 9.97 Å². The quantitative estimate of drug-likeness (QED) is 0.0837. The fourth-order valence-electron chi connectivity index (χ4n) is 8.82. The molecule has 0 bridgehead atoms. The fraction of sp³-hybridized carbons (Fsp3) is 0.417. The largest absolute Gasteiger partial charge is 0.391 e. The number of nitrogens with one attached hydrogen (secondary N) is 5. The number of hydrogen-bond donors (Lipinski definition) is 6. The maximum absolute atomic E-state index is 14.0. The van der Waals surface area contributed by atoms with E-state index in [0.717, 1.165) is 62.4 Å². The summed E-state index contributed by atoms with van der Waals surface area (Å²) in [5.74, 6) is -0.671. The Hall–Kier alpha value is -6.50. The highest BCUT2D eigenvalue weighted by Gasteiger charge is 2.44. The van der Waals surface area contributed by atoms with Crippen molar-refractivity contribution in [2.24, 2.45) is 18.4 Å². The lowest BCUT2D eigenvalue weighted by atomic mass is 9.85. The topological polar surface area (TPSA) is 220 Å². The average molecular weight is 916 g/mol. The van der Waals surface area contributed by atoms with E-state index >= 15 is 0 Å². The van der Waals surface area contributed by atoms with Gasteiger partial charge in [0.15, 0.2) is 0 Å². The summed E-state index contributed by atoms with van der Waals surface area (Å²) in [5.41, 5.74) is 7.71. The molecule has 0 saturated carbocycles. The Morgan fingerprint density at radius 3 is 2.55 bits per heavy atom. The van der Waals surface area contributed by atoms with Gasteiger partial charge in [0.25, 0.3) is 5.91 Å². The molecule has 6 aromatic rings. The van der Waals surface area contributed by atoms with E-state index in [0.29, 0.717) is 30.8 Å². The normalized spacial score (nSPS) is 18.2. The molecule has 5 heterocycles. The number of H-pyrrole nitrogens is 1. The molecular weight excluding hydrogens is 859 g/mol. The SMILES string of the molecule is Cc1ncsc1-c1ccc(CNC(=O)[C@@H]2C[C@@H](O)CN2C(=O)[C@@H](NC(=O)CCNC(=O)CC2CCN(Cc3nc4cc(NC(=O)c5ccc6c(cnn6C)c5)ccc4[nH]3)C2)C(C)(C)C)cc1. The second-order valence-corrected chi connectivity index (χ2v) is 19.4. The number of hydrogen-bond acceptors (Lipinski definition) is 11. The standard InChI is InChI=1S/C48H57N11O6S/c1-28-43(66-27-51-28)31-8-6-29(7-9-31)22-50-46(64)39-21-35(60)25-59(39)47(65)44(48(2,3)4)56-41(61)14-16-49-42(62)18-30-15-17-58(24-30)26-40-54-36-12-11-34(20-37(36)55-40)53-45(63)32-10-13-38-33(19-32)23-52-57(38)5/h6-13,19-20,23,27,30,35,39,44,60H,14-18,21-22,24-26H2,1-5H3,(H,49,62)(H,50,64)(H,53,63)(H,54,55)(H,56,61)/t30?,35-,39+,44-/m1/s1. The second kappa shape index (κ2) is 19.5. The van der Waals surface area contributed by atoms with Crippen LogP contribution in [0.3, 0.4) is 0 Å². The summed E-state index contributed by atoms with van der Waals surface area (Å²) in [5, 5.41) is 27.4. The molecule has 17 nitrogen and oxygen atoms in total. The number of likely N-dealkylation sites (tertiary alicyclic amines) is 2. The van der Waals surface area contributed by atoms with Crippen LogP contribution in [0.2, 0.25) is 0 Å². The molecule has 8 rings (SSSR count). The van der Waals surface area contributed by atoms with Crippen molar-refractivity contribution in [3.05, 3.63) is 95.0 Å². The maximum Gasteiger partial charge on any atom is 0.255 e. The first-order valence-electron chi connectivity index (χ1n) is 22.3. The van der Waals surface area contributed by atoms with Crippen molar-refractivity contribution >= 4 is 68.5 Å². The molecule has 0 spiro atoms. The van der Waals surface area contributed by atoms with E-state index in [4.69, 9.17) is 4.98 Å². The number of aliphatic hydroxyl groups is 1. The predicted octanol–water partition coefficient (Wildman–Crippen LogP) is 4.66. The molecule has 346 valence electrons. The minimum Gasteiger partial charge on any atom is -0.391 e. The summed E-state index contributed by atoms with van der Waals surface area (Å²) < 4.78 is 1.76. The summed E-state index contributed by atoms with van der Waals surface area (Å²) >= 11 is 1.57. The molecule has 0 aliphatic carbocycles. The van der Waals surface area contributed by atoms with E-state index in [1.165, 1.54) is 4.90 Å². The van der Waals surface area contributed by atoms with E-state index in [9.17, 15) is 29.1 Å². The average Bonchev–Trinajstić information content (AvgIpc) is 4.14. The van der Waals surface area contributed by atoms with E-state index in [-0.39, 0.29) is 56.1 Å². The first-order valence-corrected chi connectivity index (χ1v) is 23.2. The van der Waals surface area contributed by atoms with Crippen LogP contribution in [0.1, 0.15) is 73.9 Å². The number of aromatic amines is 1. The molecule has 6 N–H and O–H groups in total.